The van der Waals surface area contributed by atoms with E-state index in [0.29, 0.717) is 5.82 Å². The molecule has 4 heteroatoms. The standard InChI is InChI=1S/C15H18N2O2/c1-9(2)12(15(18)19)14-16-10(3)13(17-14)11-7-5-4-6-8-11/h4-9,12H,1-3H3,(H,16,17)(H,18,19). The molecule has 0 saturated heterocycles. The highest BCUT2D eigenvalue weighted by Crippen LogP contribution is 2.27. The van der Waals surface area contributed by atoms with E-state index in [-0.39, 0.29) is 5.92 Å². The van der Waals surface area contributed by atoms with Crippen molar-refractivity contribution >= 4 is 5.97 Å². The first-order chi connectivity index (χ1) is 9.00. The number of hydrogen-bond donors (Lipinski definition) is 2. The van der Waals surface area contributed by atoms with Crippen molar-refractivity contribution in [2.45, 2.75) is 26.7 Å². The summed E-state index contributed by atoms with van der Waals surface area (Å²) < 4.78 is 0. The minimum atomic E-state index is -0.844. The van der Waals surface area contributed by atoms with Gasteiger partial charge in [0.05, 0.1) is 5.69 Å². The van der Waals surface area contributed by atoms with Crippen LogP contribution in [0.1, 0.15) is 31.3 Å². The second-order valence-corrected chi connectivity index (χ2v) is 5.02. The normalized spacial score (nSPS) is 12.6. The number of carbonyl (C=O) groups is 1. The number of aliphatic carboxylic acids is 1. The molecule has 0 spiro atoms. The van der Waals surface area contributed by atoms with Crippen LogP contribution in [0.15, 0.2) is 30.3 Å². The molecule has 0 fully saturated rings. The van der Waals surface area contributed by atoms with Crippen LogP contribution in [0.3, 0.4) is 0 Å². The molecule has 0 radical (unpaired) electrons. The van der Waals surface area contributed by atoms with Crippen LogP contribution in [-0.2, 0) is 4.79 Å². The van der Waals surface area contributed by atoms with Gasteiger partial charge >= 0.3 is 5.97 Å². The van der Waals surface area contributed by atoms with E-state index in [1.165, 1.54) is 0 Å². The fourth-order valence-corrected chi connectivity index (χ4v) is 2.23. The second-order valence-electron chi connectivity index (χ2n) is 5.02. The molecule has 2 rings (SSSR count). The summed E-state index contributed by atoms with van der Waals surface area (Å²) in [6.45, 7) is 5.69. The number of nitrogens with zero attached hydrogens (tertiary/aromatic N) is 1. The van der Waals surface area contributed by atoms with E-state index in [2.05, 4.69) is 9.97 Å². The molecule has 0 saturated carbocycles. The molecule has 1 unspecified atom stereocenters. The van der Waals surface area contributed by atoms with Gasteiger partial charge in [-0.05, 0) is 12.8 Å². The van der Waals surface area contributed by atoms with Gasteiger partial charge in [0.1, 0.15) is 11.7 Å². The first-order valence-electron chi connectivity index (χ1n) is 6.35. The maximum absolute atomic E-state index is 11.3. The Morgan fingerprint density at radius 2 is 1.89 bits per heavy atom. The lowest BCUT2D eigenvalue weighted by Crippen LogP contribution is -2.18. The molecular formula is C15H18N2O2. The summed E-state index contributed by atoms with van der Waals surface area (Å²) >= 11 is 0. The summed E-state index contributed by atoms with van der Waals surface area (Å²) in [7, 11) is 0. The zero-order chi connectivity index (χ0) is 14.0. The minimum Gasteiger partial charge on any atom is -0.481 e. The Labute approximate surface area is 112 Å². The molecular weight excluding hydrogens is 240 g/mol. The van der Waals surface area contributed by atoms with E-state index in [0.717, 1.165) is 17.0 Å². The van der Waals surface area contributed by atoms with Crippen molar-refractivity contribution in [3.05, 3.63) is 41.9 Å². The molecule has 0 amide bonds. The summed E-state index contributed by atoms with van der Waals surface area (Å²) in [6.07, 6.45) is 0. The fraction of sp³-hybridized carbons (Fsp3) is 0.333. The molecule has 0 aliphatic carbocycles. The minimum absolute atomic E-state index is 0.00771. The van der Waals surface area contributed by atoms with Crippen molar-refractivity contribution in [2.24, 2.45) is 5.92 Å². The zero-order valence-electron chi connectivity index (χ0n) is 11.3. The summed E-state index contributed by atoms with van der Waals surface area (Å²) in [4.78, 5) is 18.9. The van der Waals surface area contributed by atoms with Gasteiger partial charge in [-0.1, -0.05) is 44.2 Å². The number of carboxylic acid groups (broad SMARTS) is 1. The Kier molecular flexibility index (Phi) is 3.69. The Morgan fingerprint density at radius 1 is 1.26 bits per heavy atom. The maximum Gasteiger partial charge on any atom is 0.314 e. The van der Waals surface area contributed by atoms with Crippen molar-refractivity contribution in [3.8, 4) is 11.3 Å². The van der Waals surface area contributed by atoms with Gasteiger partial charge in [0.25, 0.3) is 0 Å². The van der Waals surface area contributed by atoms with Gasteiger partial charge < -0.3 is 10.1 Å². The summed E-state index contributed by atoms with van der Waals surface area (Å²) in [5, 5.41) is 9.31. The number of imidazole rings is 1. The van der Waals surface area contributed by atoms with Gasteiger partial charge in [-0.3, -0.25) is 4.79 Å². The highest BCUT2D eigenvalue weighted by Gasteiger charge is 2.27. The Bertz CT molecular complexity index is 573. The molecule has 4 nitrogen and oxygen atoms in total. The van der Waals surface area contributed by atoms with Crippen molar-refractivity contribution in [3.63, 3.8) is 0 Å². The Morgan fingerprint density at radius 3 is 2.42 bits per heavy atom. The average Bonchev–Trinajstić information content (AvgIpc) is 2.71. The number of H-pyrrole nitrogens is 1. The Hall–Kier alpha value is -2.10. The number of aryl methyl sites for hydroxylation is 1. The number of rotatable bonds is 4. The summed E-state index contributed by atoms with van der Waals surface area (Å²) in [6, 6.07) is 9.78. The van der Waals surface area contributed by atoms with Gasteiger partial charge in [-0.15, -0.1) is 0 Å². The van der Waals surface area contributed by atoms with Crippen molar-refractivity contribution in [1.82, 2.24) is 9.97 Å². The lowest BCUT2D eigenvalue weighted by molar-refractivity contribution is -0.140. The largest absolute Gasteiger partial charge is 0.481 e. The third-order valence-electron chi connectivity index (χ3n) is 3.18. The van der Waals surface area contributed by atoms with Crippen LogP contribution >= 0.6 is 0 Å². The van der Waals surface area contributed by atoms with Gasteiger partial charge in [-0.2, -0.15) is 0 Å². The average molecular weight is 258 g/mol. The molecule has 1 atom stereocenters. The molecule has 1 aromatic heterocycles. The van der Waals surface area contributed by atoms with Gasteiger partial charge in [0, 0.05) is 11.3 Å². The topological polar surface area (TPSA) is 66.0 Å². The SMILES string of the molecule is Cc1[nH]c(C(C(=O)O)C(C)C)nc1-c1ccccc1. The third-order valence-corrected chi connectivity index (χ3v) is 3.18. The predicted molar refractivity (Wildman–Crippen MR) is 74.0 cm³/mol. The smallest absolute Gasteiger partial charge is 0.314 e. The molecule has 1 heterocycles. The fourth-order valence-electron chi connectivity index (χ4n) is 2.23. The highest BCUT2D eigenvalue weighted by molar-refractivity contribution is 5.76. The summed E-state index contributed by atoms with van der Waals surface area (Å²) in [5.74, 6) is -0.926. The van der Waals surface area contributed by atoms with Gasteiger partial charge in [0.15, 0.2) is 0 Å². The monoisotopic (exact) mass is 258 g/mol. The van der Waals surface area contributed by atoms with E-state index in [1.807, 2.05) is 51.1 Å². The van der Waals surface area contributed by atoms with E-state index in [4.69, 9.17) is 0 Å². The van der Waals surface area contributed by atoms with Crippen LogP contribution in [0.2, 0.25) is 0 Å². The summed E-state index contributed by atoms with van der Waals surface area (Å²) in [5.41, 5.74) is 2.71. The second kappa shape index (κ2) is 5.26. The molecule has 0 aliphatic heterocycles. The Balaban J connectivity index is 2.44. The van der Waals surface area contributed by atoms with E-state index >= 15 is 0 Å². The third kappa shape index (κ3) is 2.67. The number of aromatic amines is 1. The van der Waals surface area contributed by atoms with E-state index in [1.54, 1.807) is 0 Å². The van der Waals surface area contributed by atoms with Crippen LogP contribution in [0.4, 0.5) is 0 Å². The molecule has 1 aromatic carbocycles. The van der Waals surface area contributed by atoms with E-state index < -0.39 is 11.9 Å². The van der Waals surface area contributed by atoms with Crippen LogP contribution in [-0.4, -0.2) is 21.0 Å². The molecule has 0 aliphatic rings. The first kappa shape index (κ1) is 13.3. The van der Waals surface area contributed by atoms with Crippen molar-refractivity contribution in [2.75, 3.05) is 0 Å². The number of carboxylic acids is 1. The molecule has 2 aromatic rings. The number of aromatic nitrogens is 2. The van der Waals surface area contributed by atoms with Gasteiger partial charge in [-0.25, -0.2) is 4.98 Å². The number of hydrogen-bond acceptors (Lipinski definition) is 2. The maximum atomic E-state index is 11.3. The van der Waals surface area contributed by atoms with Crippen LogP contribution in [0.5, 0.6) is 0 Å². The van der Waals surface area contributed by atoms with Crippen LogP contribution in [0, 0.1) is 12.8 Å². The number of nitrogens with one attached hydrogen (secondary N) is 1. The molecule has 2 N–H and O–H groups in total. The van der Waals surface area contributed by atoms with Crippen LogP contribution < -0.4 is 0 Å². The number of benzene rings is 1. The lowest BCUT2D eigenvalue weighted by Gasteiger charge is -2.12. The molecule has 100 valence electrons. The van der Waals surface area contributed by atoms with Crippen molar-refractivity contribution < 1.29 is 9.90 Å². The van der Waals surface area contributed by atoms with Crippen LogP contribution in [0.25, 0.3) is 11.3 Å². The molecule has 0 bridgehead atoms. The predicted octanol–water partition coefficient (Wildman–Crippen LogP) is 3.21. The lowest BCUT2D eigenvalue weighted by atomic mass is 9.95. The van der Waals surface area contributed by atoms with Gasteiger partial charge in [0.2, 0.25) is 0 Å². The quantitative estimate of drug-likeness (QED) is 0.885. The first-order valence-corrected chi connectivity index (χ1v) is 6.35. The zero-order valence-corrected chi connectivity index (χ0v) is 11.3. The van der Waals surface area contributed by atoms with Crippen molar-refractivity contribution in [1.29, 1.82) is 0 Å². The highest BCUT2D eigenvalue weighted by atomic mass is 16.4. The molecule has 19 heavy (non-hydrogen) atoms. The van der Waals surface area contributed by atoms with E-state index in [9.17, 15) is 9.90 Å².